The van der Waals surface area contributed by atoms with Crippen molar-refractivity contribution in [3.8, 4) is 0 Å². The lowest BCUT2D eigenvalue weighted by atomic mass is 9.88. The third-order valence-electron chi connectivity index (χ3n) is 4.00. The molecular formula is C19H23NO. The van der Waals surface area contributed by atoms with Crippen LogP contribution >= 0.6 is 0 Å². The third-order valence-corrected chi connectivity index (χ3v) is 4.00. The summed E-state index contributed by atoms with van der Waals surface area (Å²) in [6.45, 7) is 6.19. The zero-order valence-electron chi connectivity index (χ0n) is 12.9. The fourth-order valence-corrected chi connectivity index (χ4v) is 2.42. The SMILES string of the molecule is CC(C)c1ccc(C(=O)C(C)C(N)c2ccccc2)cc1. The minimum Gasteiger partial charge on any atom is -0.323 e. The number of ketones is 1. The maximum Gasteiger partial charge on any atom is 0.167 e. The average Bonchev–Trinajstić information content (AvgIpc) is 2.53. The second kappa shape index (κ2) is 6.68. The van der Waals surface area contributed by atoms with E-state index in [9.17, 15) is 4.79 Å². The van der Waals surface area contributed by atoms with E-state index < -0.39 is 0 Å². The molecule has 0 spiro atoms. The van der Waals surface area contributed by atoms with Crippen molar-refractivity contribution in [2.45, 2.75) is 32.7 Å². The van der Waals surface area contributed by atoms with Crippen LogP contribution in [-0.2, 0) is 0 Å². The molecule has 2 N–H and O–H groups in total. The van der Waals surface area contributed by atoms with E-state index in [1.165, 1.54) is 5.56 Å². The van der Waals surface area contributed by atoms with E-state index in [-0.39, 0.29) is 17.7 Å². The second-order valence-corrected chi connectivity index (χ2v) is 5.87. The number of hydrogen-bond acceptors (Lipinski definition) is 2. The molecule has 2 heteroatoms. The number of carbonyl (C=O) groups excluding carboxylic acids is 1. The predicted molar refractivity (Wildman–Crippen MR) is 87.4 cm³/mol. The van der Waals surface area contributed by atoms with Crippen LogP contribution in [0.4, 0.5) is 0 Å². The van der Waals surface area contributed by atoms with Crippen LogP contribution in [0.15, 0.2) is 54.6 Å². The molecule has 0 radical (unpaired) electrons. The fourth-order valence-electron chi connectivity index (χ4n) is 2.42. The Kier molecular flexibility index (Phi) is 4.92. The highest BCUT2D eigenvalue weighted by atomic mass is 16.1. The molecule has 0 heterocycles. The Morgan fingerprint density at radius 2 is 1.43 bits per heavy atom. The van der Waals surface area contributed by atoms with Crippen LogP contribution in [0.5, 0.6) is 0 Å². The van der Waals surface area contributed by atoms with Gasteiger partial charge in [-0.05, 0) is 17.0 Å². The normalized spacial score (nSPS) is 14.0. The second-order valence-electron chi connectivity index (χ2n) is 5.87. The lowest BCUT2D eigenvalue weighted by molar-refractivity contribution is 0.0913. The number of carbonyl (C=O) groups is 1. The fraction of sp³-hybridized carbons (Fsp3) is 0.316. The Balaban J connectivity index is 2.15. The number of hydrogen-bond donors (Lipinski definition) is 1. The van der Waals surface area contributed by atoms with Gasteiger partial charge in [-0.1, -0.05) is 75.4 Å². The van der Waals surface area contributed by atoms with E-state index in [4.69, 9.17) is 5.73 Å². The first-order chi connectivity index (χ1) is 10.0. The van der Waals surface area contributed by atoms with Gasteiger partial charge >= 0.3 is 0 Å². The largest absolute Gasteiger partial charge is 0.323 e. The van der Waals surface area contributed by atoms with Gasteiger partial charge in [-0.3, -0.25) is 4.79 Å². The molecule has 0 fully saturated rings. The van der Waals surface area contributed by atoms with Crippen LogP contribution in [-0.4, -0.2) is 5.78 Å². The number of rotatable bonds is 5. The summed E-state index contributed by atoms with van der Waals surface area (Å²) in [6.07, 6.45) is 0. The Morgan fingerprint density at radius 1 is 0.857 bits per heavy atom. The van der Waals surface area contributed by atoms with Gasteiger partial charge in [0.05, 0.1) is 0 Å². The standard InChI is InChI=1S/C19H23NO/c1-13(2)15-9-11-17(12-10-15)19(21)14(3)18(20)16-7-5-4-6-8-16/h4-14,18H,20H2,1-3H3. The highest BCUT2D eigenvalue weighted by molar-refractivity contribution is 5.98. The first-order valence-electron chi connectivity index (χ1n) is 7.45. The van der Waals surface area contributed by atoms with Gasteiger partial charge in [0.15, 0.2) is 5.78 Å². The van der Waals surface area contributed by atoms with E-state index in [1.54, 1.807) is 0 Å². The third kappa shape index (κ3) is 3.59. The lowest BCUT2D eigenvalue weighted by Gasteiger charge is -2.19. The summed E-state index contributed by atoms with van der Waals surface area (Å²) in [7, 11) is 0. The monoisotopic (exact) mass is 281 g/mol. The molecule has 2 aromatic carbocycles. The summed E-state index contributed by atoms with van der Waals surface area (Å²) in [6, 6.07) is 17.4. The Bertz CT molecular complexity index is 587. The average molecular weight is 281 g/mol. The van der Waals surface area contributed by atoms with Crippen molar-refractivity contribution in [2.24, 2.45) is 11.7 Å². The Morgan fingerprint density at radius 3 is 1.95 bits per heavy atom. The molecule has 0 aliphatic carbocycles. The zero-order valence-corrected chi connectivity index (χ0v) is 12.9. The summed E-state index contributed by atoms with van der Waals surface area (Å²) in [5.74, 6) is 0.331. The summed E-state index contributed by atoms with van der Waals surface area (Å²) < 4.78 is 0. The molecule has 0 bridgehead atoms. The van der Waals surface area contributed by atoms with E-state index in [2.05, 4.69) is 13.8 Å². The molecule has 2 aromatic rings. The van der Waals surface area contributed by atoms with E-state index in [0.29, 0.717) is 5.92 Å². The van der Waals surface area contributed by atoms with Crippen LogP contribution in [0.3, 0.4) is 0 Å². The lowest BCUT2D eigenvalue weighted by Crippen LogP contribution is -2.26. The minimum atomic E-state index is -0.275. The van der Waals surface area contributed by atoms with Crippen LogP contribution in [0.25, 0.3) is 0 Å². The van der Waals surface area contributed by atoms with Crippen LogP contribution in [0.1, 0.15) is 54.2 Å². The molecular weight excluding hydrogens is 258 g/mol. The van der Waals surface area contributed by atoms with Crippen molar-refractivity contribution in [2.75, 3.05) is 0 Å². The molecule has 2 atom stereocenters. The molecule has 2 unspecified atom stereocenters. The maximum absolute atomic E-state index is 12.6. The minimum absolute atomic E-state index is 0.0988. The van der Waals surface area contributed by atoms with Crippen molar-refractivity contribution >= 4 is 5.78 Å². The Hall–Kier alpha value is -1.93. The molecule has 21 heavy (non-hydrogen) atoms. The summed E-state index contributed by atoms with van der Waals surface area (Å²) >= 11 is 0. The van der Waals surface area contributed by atoms with E-state index in [1.807, 2.05) is 61.5 Å². The summed E-state index contributed by atoms with van der Waals surface area (Å²) in [5.41, 5.74) is 9.21. The van der Waals surface area contributed by atoms with Gasteiger partial charge in [0.25, 0.3) is 0 Å². The number of nitrogens with two attached hydrogens (primary N) is 1. The molecule has 0 amide bonds. The van der Waals surface area contributed by atoms with Gasteiger partial charge in [-0.25, -0.2) is 0 Å². The van der Waals surface area contributed by atoms with Crippen molar-refractivity contribution in [1.82, 2.24) is 0 Å². The van der Waals surface area contributed by atoms with Crippen LogP contribution < -0.4 is 5.73 Å². The highest BCUT2D eigenvalue weighted by Crippen LogP contribution is 2.23. The Labute approximate surface area is 127 Å². The van der Waals surface area contributed by atoms with Crippen LogP contribution in [0.2, 0.25) is 0 Å². The first kappa shape index (κ1) is 15.5. The van der Waals surface area contributed by atoms with E-state index >= 15 is 0 Å². The maximum atomic E-state index is 12.6. The molecule has 0 saturated carbocycles. The van der Waals surface area contributed by atoms with Gasteiger partial charge in [0.1, 0.15) is 0 Å². The van der Waals surface area contributed by atoms with E-state index in [0.717, 1.165) is 11.1 Å². The molecule has 2 nitrogen and oxygen atoms in total. The topological polar surface area (TPSA) is 43.1 Å². The van der Waals surface area contributed by atoms with Crippen molar-refractivity contribution in [3.05, 3.63) is 71.3 Å². The zero-order chi connectivity index (χ0) is 15.4. The molecule has 0 aromatic heterocycles. The quantitative estimate of drug-likeness (QED) is 0.829. The summed E-state index contributed by atoms with van der Waals surface area (Å²) in [5, 5.41) is 0. The van der Waals surface area contributed by atoms with Crippen LogP contribution in [0, 0.1) is 5.92 Å². The number of Topliss-reactive ketones (excluding diaryl/α,β-unsaturated/α-hetero) is 1. The van der Waals surface area contributed by atoms with Gasteiger partial charge in [0.2, 0.25) is 0 Å². The summed E-state index contributed by atoms with van der Waals surface area (Å²) in [4.78, 5) is 12.6. The van der Waals surface area contributed by atoms with Gasteiger partial charge in [0, 0.05) is 17.5 Å². The number of benzene rings is 2. The molecule has 110 valence electrons. The highest BCUT2D eigenvalue weighted by Gasteiger charge is 2.23. The first-order valence-corrected chi connectivity index (χ1v) is 7.45. The molecule has 0 aliphatic rings. The van der Waals surface area contributed by atoms with Crippen molar-refractivity contribution in [1.29, 1.82) is 0 Å². The molecule has 0 aliphatic heterocycles. The van der Waals surface area contributed by atoms with Gasteiger partial charge in [-0.2, -0.15) is 0 Å². The van der Waals surface area contributed by atoms with Crippen molar-refractivity contribution in [3.63, 3.8) is 0 Å². The predicted octanol–water partition coefficient (Wildman–Crippen LogP) is 4.33. The molecule has 2 rings (SSSR count). The van der Waals surface area contributed by atoms with Crippen molar-refractivity contribution < 1.29 is 4.79 Å². The smallest absolute Gasteiger partial charge is 0.167 e. The van der Waals surface area contributed by atoms with Gasteiger partial charge < -0.3 is 5.73 Å². The van der Waals surface area contributed by atoms with Gasteiger partial charge in [-0.15, -0.1) is 0 Å². The molecule has 0 saturated heterocycles.